The van der Waals surface area contributed by atoms with Gasteiger partial charge >= 0.3 is 0 Å². The second-order valence-electron chi connectivity index (χ2n) is 8.24. The predicted molar refractivity (Wildman–Crippen MR) is 121 cm³/mol. The lowest BCUT2D eigenvalue weighted by atomic mass is 10.0. The van der Waals surface area contributed by atoms with E-state index in [-0.39, 0.29) is 17.7 Å². The number of amides is 2. The Bertz CT molecular complexity index is 975. The van der Waals surface area contributed by atoms with Gasteiger partial charge in [-0.2, -0.15) is 0 Å². The fraction of sp³-hybridized carbons (Fsp3) is 0.333. The van der Waals surface area contributed by atoms with Crippen LogP contribution in [0.1, 0.15) is 32.3 Å². The summed E-state index contributed by atoms with van der Waals surface area (Å²) in [5.74, 6) is -0.377. The number of rotatable bonds is 6. The smallest absolute Gasteiger partial charge is 0.278 e. The number of halogens is 1. The maximum Gasteiger partial charge on any atom is 0.278 e. The molecule has 0 aliphatic carbocycles. The lowest BCUT2D eigenvalue weighted by molar-refractivity contribution is -0.137. The van der Waals surface area contributed by atoms with Crippen molar-refractivity contribution in [3.8, 4) is 0 Å². The van der Waals surface area contributed by atoms with Crippen LogP contribution in [0.5, 0.6) is 0 Å². The average Bonchev–Trinajstić information content (AvgIpc) is 3.33. The van der Waals surface area contributed by atoms with Crippen LogP contribution >= 0.6 is 11.6 Å². The maximum atomic E-state index is 13.1. The van der Waals surface area contributed by atoms with Gasteiger partial charge < -0.3 is 10.2 Å². The van der Waals surface area contributed by atoms with Crippen LogP contribution in [0.4, 0.5) is 11.4 Å². The molecule has 1 fully saturated rings. The molecule has 30 heavy (non-hydrogen) atoms. The molecule has 0 unspecified atom stereocenters. The number of hydrogen-bond donors (Lipinski definition) is 1. The minimum atomic E-state index is -0.290. The predicted octanol–water partition coefficient (Wildman–Crippen LogP) is 4.79. The highest BCUT2D eigenvalue weighted by Crippen LogP contribution is 2.32. The standard InChI is InChI=1S/C24H26ClN3O2/c1-16(2)15-28-23(29)21(17-5-7-18(25)8-6-17)22(24(28)30)26-19-9-11-20(12-10-19)27-13-3-4-14-27/h5-12,16,26H,3-4,13-15H2,1-2H3. The molecule has 4 rings (SSSR count). The van der Waals surface area contributed by atoms with Gasteiger partial charge in [0.15, 0.2) is 0 Å². The fourth-order valence-corrected chi connectivity index (χ4v) is 4.11. The zero-order valence-corrected chi connectivity index (χ0v) is 18.1. The van der Waals surface area contributed by atoms with Gasteiger partial charge in [0.05, 0.1) is 5.57 Å². The third-order valence-corrected chi connectivity index (χ3v) is 5.71. The lowest BCUT2D eigenvalue weighted by Crippen LogP contribution is -2.35. The number of benzene rings is 2. The summed E-state index contributed by atoms with van der Waals surface area (Å²) in [7, 11) is 0. The molecule has 1 N–H and O–H groups in total. The zero-order valence-electron chi connectivity index (χ0n) is 17.3. The third kappa shape index (κ3) is 4.08. The van der Waals surface area contributed by atoms with Gasteiger partial charge in [0.2, 0.25) is 0 Å². The van der Waals surface area contributed by atoms with Crippen LogP contribution < -0.4 is 10.2 Å². The molecule has 0 radical (unpaired) electrons. The van der Waals surface area contributed by atoms with Crippen LogP contribution in [0, 0.1) is 5.92 Å². The molecular weight excluding hydrogens is 398 g/mol. The third-order valence-electron chi connectivity index (χ3n) is 5.46. The second-order valence-corrected chi connectivity index (χ2v) is 8.67. The molecule has 2 amide bonds. The van der Waals surface area contributed by atoms with E-state index in [2.05, 4.69) is 22.3 Å². The largest absolute Gasteiger partial charge is 0.372 e. The molecular formula is C24H26ClN3O2. The van der Waals surface area contributed by atoms with Gasteiger partial charge in [-0.25, -0.2) is 0 Å². The average molecular weight is 424 g/mol. The molecule has 0 saturated carbocycles. The first-order valence-electron chi connectivity index (χ1n) is 10.4. The topological polar surface area (TPSA) is 52.7 Å². The highest BCUT2D eigenvalue weighted by Gasteiger charge is 2.39. The summed E-state index contributed by atoms with van der Waals surface area (Å²) in [6.45, 7) is 6.52. The quantitative estimate of drug-likeness (QED) is 0.679. The Hall–Kier alpha value is -2.79. The second kappa shape index (κ2) is 8.52. The summed E-state index contributed by atoms with van der Waals surface area (Å²) in [6, 6.07) is 15.1. The minimum absolute atomic E-state index is 0.184. The van der Waals surface area contributed by atoms with E-state index in [1.807, 2.05) is 26.0 Å². The van der Waals surface area contributed by atoms with Gasteiger partial charge in [-0.1, -0.05) is 37.6 Å². The van der Waals surface area contributed by atoms with Crippen molar-refractivity contribution in [1.82, 2.24) is 4.90 Å². The number of imide groups is 1. The summed E-state index contributed by atoms with van der Waals surface area (Å²) in [4.78, 5) is 30.0. The van der Waals surface area contributed by atoms with Crippen LogP contribution in [0.15, 0.2) is 54.2 Å². The van der Waals surface area contributed by atoms with E-state index in [9.17, 15) is 9.59 Å². The summed E-state index contributed by atoms with van der Waals surface area (Å²) in [5, 5.41) is 3.81. The van der Waals surface area contributed by atoms with Gasteiger partial charge in [0.1, 0.15) is 5.70 Å². The molecule has 0 spiro atoms. The van der Waals surface area contributed by atoms with E-state index in [4.69, 9.17) is 11.6 Å². The molecule has 1 saturated heterocycles. The molecule has 156 valence electrons. The fourth-order valence-electron chi connectivity index (χ4n) is 3.98. The van der Waals surface area contributed by atoms with Crippen molar-refractivity contribution in [2.24, 2.45) is 5.92 Å². The number of anilines is 2. The van der Waals surface area contributed by atoms with Gasteiger partial charge in [-0.15, -0.1) is 0 Å². The first-order chi connectivity index (χ1) is 14.4. The first-order valence-corrected chi connectivity index (χ1v) is 10.8. The van der Waals surface area contributed by atoms with Crippen molar-refractivity contribution in [3.05, 3.63) is 64.8 Å². The number of carbonyl (C=O) groups is 2. The summed E-state index contributed by atoms with van der Waals surface area (Å²) >= 11 is 6.02. The van der Waals surface area contributed by atoms with Crippen molar-refractivity contribution < 1.29 is 9.59 Å². The van der Waals surface area contributed by atoms with Gasteiger partial charge in [0, 0.05) is 36.0 Å². The normalized spacial score (nSPS) is 16.9. The molecule has 5 nitrogen and oxygen atoms in total. The summed E-state index contributed by atoms with van der Waals surface area (Å²) in [5.41, 5.74) is 3.35. The van der Waals surface area contributed by atoms with E-state index in [1.165, 1.54) is 23.4 Å². The van der Waals surface area contributed by atoms with Crippen molar-refractivity contribution in [2.75, 3.05) is 29.9 Å². The Labute approximate surface area is 182 Å². The van der Waals surface area contributed by atoms with E-state index in [1.54, 1.807) is 24.3 Å². The van der Waals surface area contributed by atoms with Gasteiger partial charge in [-0.3, -0.25) is 14.5 Å². The van der Waals surface area contributed by atoms with Crippen LogP contribution in [0.25, 0.3) is 5.57 Å². The van der Waals surface area contributed by atoms with Crippen molar-refractivity contribution in [1.29, 1.82) is 0 Å². The Morgan fingerprint density at radius 3 is 2.17 bits per heavy atom. The monoisotopic (exact) mass is 423 g/mol. The van der Waals surface area contributed by atoms with Gasteiger partial charge in [0.25, 0.3) is 11.8 Å². The molecule has 2 aliphatic rings. The van der Waals surface area contributed by atoms with E-state index in [0.717, 1.165) is 18.8 Å². The molecule has 0 aromatic heterocycles. The highest BCUT2D eigenvalue weighted by atomic mass is 35.5. The Morgan fingerprint density at radius 1 is 0.933 bits per heavy atom. The van der Waals surface area contributed by atoms with Crippen LogP contribution in [0.2, 0.25) is 5.02 Å². The molecule has 2 aliphatic heterocycles. The SMILES string of the molecule is CC(C)CN1C(=O)C(Nc2ccc(N3CCCC3)cc2)=C(c2ccc(Cl)cc2)C1=O. The molecule has 6 heteroatoms. The molecule has 2 aromatic rings. The number of carbonyl (C=O) groups excluding carboxylic acids is 2. The van der Waals surface area contributed by atoms with Crippen LogP contribution in [-0.4, -0.2) is 36.3 Å². The van der Waals surface area contributed by atoms with Crippen molar-refractivity contribution >= 4 is 40.4 Å². The van der Waals surface area contributed by atoms with Crippen LogP contribution in [-0.2, 0) is 9.59 Å². The molecule has 2 heterocycles. The minimum Gasteiger partial charge on any atom is -0.372 e. The maximum absolute atomic E-state index is 13.1. The highest BCUT2D eigenvalue weighted by molar-refractivity contribution is 6.36. The Morgan fingerprint density at radius 2 is 1.57 bits per heavy atom. The summed E-state index contributed by atoms with van der Waals surface area (Å²) in [6.07, 6.45) is 2.44. The van der Waals surface area contributed by atoms with Crippen molar-refractivity contribution in [3.63, 3.8) is 0 Å². The van der Waals surface area contributed by atoms with E-state index >= 15 is 0 Å². The molecule has 0 bridgehead atoms. The number of nitrogens with zero attached hydrogens (tertiary/aromatic N) is 2. The summed E-state index contributed by atoms with van der Waals surface area (Å²) < 4.78 is 0. The molecule has 2 aromatic carbocycles. The van der Waals surface area contributed by atoms with Gasteiger partial charge in [-0.05, 0) is 60.7 Å². The Balaban J connectivity index is 1.66. The first kappa shape index (κ1) is 20.5. The molecule has 0 atom stereocenters. The zero-order chi connectivity index (χ0) is 21.3. The number of hydrogen-bond acceptors (Lipinski definition) is 4. The van der Waals surface area contributed by atoms with E-state index in [0.29, 0.717) is 28.4 Å². The number of nitrogens with one attached hydrogen (secondary N) is 1. The van der Waals surface area contributed by atoms with E-state index < -0.39 is 0 Å². The lowest BCUT2D eigenvalue weighted by Gasteiger charge is -2.18. The van der Waals surface area contributed by atoms with Crippen LogP contribution in [0.3, 0.4) is 0 Å². The van der Waals surface area contributed by atoms with Crippen molar-refractivity contribution in [2.45, 2.75) is 26.7 Å². The Kier molecular flexibility index (Phi) is 5.82.